The summed E-state index contributed by atoms with van der Waals surface area (Å²) in [7, 11) is 1.29. The number of hydrogen-bond acceptors (Lipinski definition) is 4. The molecule has 1 amide bonds. The Morgan fingerprint density at radius 3 is 2.93 bits per heavy atom. The molecule has 1 aromatic heterocycles. The van der Waals surface area contributed by atoms with Crippen molar-refractivity contribution >= 4 is 23.2 Å². The zero-order chi connectivity index (χ0) is 10.4. The second kappa shape index (κ2) is 5.39. The van der Waals surface area contributed by atoms with Gasteiger partial charge in [-0.1, -0.05) is 0 Å². The van der Waals surface area contributed by atoms with E-state index in [-0.39, 0.29) is 12.5 Å². The number of nitrogens with one attached hydrogen (secondary N) is 1. The molecule has 0 aromatic carbocycles. The van der Waals surface area contributed by atoms with Gasteiger partial charge in [0.1, 0.15) is 6.54 Å². The second-order valence-corrected chi connectivity index (χ2v) is 3.44. The molecule has 1 heterocycles. The molecule has 76 valence electrons. The zero-order valence-corrected chi connectivity index (χ0v) is 8.60. The number of methoxy groups -OCH3 is 1. The van der Waals surface area contributed by atoms with Crippen molar-refractivity contribution in [2.24, 2.45) is 0 Å². The van der Waals surface area contributed by atoms with E-state index in [1.165, 1.54) is 18.4 Å². The van der Waals surface area contributed by atoms with E-state index in [9.17, 15) is 9.59 Å². The van der Waals surface area contributed by atoms with E-state index in [0.29, 0.717) is 6.42 Å². The number of carbonyl (C=O) groups is 2. The van der Waals surface area contributed by atoms with E-state index in [4.69, 9.17) is 0 Å². The summed E-state index contributed by atoms with van der Waals surface area (Å²) in [5.74, 6) is -0.613. The minimum Gasteiger partial charge on any atom is -0.468 e. The molecule has 0 spiro atoms. The van der Waals surface area contributed by atoms with Crippen LogP contribution in [-0.4, -0.2) is 25.5 Å². The fourth-order valence-electron chi connectivity index (χ4n) is 0.884. The van der Waals surface area contributed by atoms with Crippen LogP contribution in [0.5, 0.6) is 0 Å². The van der Waals surface area contributed by atoms with E-state index in [1.807, 2.05) is 16.8 Å². The van der Waals surface area contributed by atoms with Gasteiger partial charge in [-0.3, -0.25) is 9.59 Å². The Morgan fingerprint density at radius 1 is 1.57 bits per heavy atom. The van der Waals surface area contributed by atoms with E-state index >= 15 is 0 Å². The van der Waals surface area contributed by atoms with Crippen LogP contribution < -0.4 is 5.32 Å². The average molecular weight is 213 g/mol. The monoisotopic (exact) mass is 213 g/mol. The van der Waals surface area contributed by atoms with Crippen LogP contribution in [0.1, 0.15) is 5.56 Å². The quantitative estimate of drug-likeness (QED) is 0.744. The van der Waals surface area contributed by atoms with Crippen LogP contribution in [0, 0.1) is 0 Å². The Labute approximate surface area is 85.9 Å². The summed E-state index contributed by atoms with van der Waals surface area (Å²) < 4.78 is 4.38. The van der Waals surface area contributed by atoms with Crippen LogP contribution >= 0.6 is 11.3 Å². The number of carbonyl (C=O) groups excluding carboxylic acids is 2. The molecule has 4 nitrogen and oxygen atoms in total. The van der Waals surface area contributed by atoms with Gasteiger partial charge in [-0.05, 0) is 22.4 Å². The Bertz CT molecular complexity index is 308. The van der Waals surface area contributed by atoms with Gasteiger partial charge in [0, 0.05) is 0 Å². The molecule has 0 aliphatic rings. The largest absolute Gasteiger partial charge is 0.468 e. The van der Waals surface area contributed by atoms with Crippen molar-refractivity contribution in [1.29, 1.82) is 0 Å². The van der Waals surface area contributed by atoms with Crippen LogP contribution in [0.2, 0.25) is 0 Å². The molecule has 0 saturated carbocycles. The molecule has 1 aromatic rings. The molecule has 0 radical (unpaired) electrons. The molecule has 0 unspecified atom stereocenters. The highest BCUT2D eigenvalue weighted by Crippen LogP contribution is 2.05. The van der Waals surface area contributed by atoms with Crippen LogP contribution in [0.15, 0.2) is 16.8 Å². The number of amides is 1. The molecule has 0 aliphatic carbocycles. The Balaban J connectivity index is 2.26. The third-order valence-corrected chi connectivity index (χ3v) is 2.33. The van der Waals surface area contributed by atoms with Crippen LogP contribution in [0.4, 0.5) is 0 Å². The summed E-state index contributed by atoms with van der Waals surface area (Å²) >= 11 is 1.54. The van der Waals surface area contributed by atoms with E-state index in [1.54, 1.807) is 0 Å². The molecule has 1 N–H and O–H groups in total. The van der Waals surface area contributed by atoms with Crippen molar-refractivity contribution in [3.8, 4) is 0 Å². The molecule has 0 atom stereocenters. The minimum atomic E-state index is -0.441. The maximum atomic E-state index is 11.2. The number of rotatable bonds is 4. The van der Waals surface area contributed by atoms with Gasteiger partial charge in [-0.25, -0.2) is 0 Å². The van der Waals surface area contributed by atoms with Gasteiger partial charge in [0.05, 0.1) is 13.5 Å². The zero-order valence-electron chi connectivity index (χ0n) is 7.78. The van der Waals surface area contributed by atoms with Crippen molar-refractivity contribution in [3.63, 3.8) is 0 Å². The number of hydrogen-bond donors (Lipinski definition) is 1. The van der Waals surface area contributed by atoms with Crippen LogP contribution in [-0.2, 0) is 20.7 Å². The summed E-state index contributed by atoms with van der Waals surface area (Å²) in [4.78, 5) is 21.9. The lowest BCUT2D eigenvalue weighted by atomic mass is 10.2. The second-order valence-electron chi connectivity index (χ2n) is 2.66. The molecule has 0 aliphatic heterocycles. The maximum Gasteiger partial charge on any atom is 0.325 e. The highest BCUT2D eigenvalue weighted by molar-refractivity contribution is 7.07. The minimum absolute atomic E-state index is 0.0700. The number of thiophene rings is 1. The third-order valence-electron chi connectivity index (χ3n) is 1.60. The Morgan fingerprint density at radius 2 is 2.36 bits per heavy atom. The smallest absolute Gasteiger partial charge is 0.325 e. The van der Waals surface area contributed by atoms with Gasteiger partial charge in [-0.2, -0.15) is 11.3 Å². The van der Waals surface area contributed by atoms with Crippen molar-refractivity contribution in [1.82, 2.24) is 5.32 Å². The van der Waals surface area contributed by atoms with E-state index in [0.717, 1.165) is 5.56 Å². The molecular formula is C9H11NO3S. The number of ether oxygens (including phenoxy) is 1. The first-order chi connectivity index (χ1) is 6.72. The van der Waals surface area contributed by atoms with Gasteiger partial charge >= 0.3 is 5.97 Å². The summed E-state index contributed by atoms with van der Waals surface area (Å²) in [5, 5.41) is 6.27. The summed E-state index contributed by atoms with van der Waals surface area (Å²) in [6.07, 6.45) is 0.306. The first kappa shape index (κ1) is 10.7. The van der Waals surface area contributed by atoms with Crippen molar-refractivity contribution in [2.45, 2.75) is 6.42 Å². The molecule has 5 heteroatoms. The summed E-state index contributed by atoms with van der Waals surface area (Å²) in [6.45, 7) is -0.0700. The fraction of sp³-hybridized carbons (Fsp3) is 0.333. The van der Waals surface area contributed by atoms with Crippen molar-refractivity contribution in [2.75, 3.05) is 13.7 Å². The Kier molecular flexibility index (Phi) is 4.12. The highest BCUT2D eigenvalue weighted by Gasteiger charge is 2.05. The first-order valence-electron chi connectivity index (χ1n) is 4.07. The average Bonchev–Trinajstić information content (AvgIpc) is 2.66. The molecule has 1 rings (SSSR count). The topological polar surface area (TPSA) is 55.4 Å². The van der Waals surface area contributed by atoms with Gasteiger partial charge in [0.15, 0.2) is 0 Å². The van der Waals surface area contributed by atoms with Gasteiger partial charge in [0.25, 0.3) is 0 Å². The third kappa shape index (κ3) is 3.57. The van der Waals surface area contributed by atoms with Crippen LogP contribution in [0.25, 0.3) is 0 Å². The van der Waals surface area contributed by atoms with Gasteiger partial charge in [-0.15, -0.1) is 0 Å². The standard InChI is InChI=1S/C9H11NO3S/c1-13-9(12)5-10-8(11)4-7-2-3-14-6-7/h2-3,6H,4-5H2,1H3,(H,10,11). The van der Waals surface area contributed by atoms with Gasteiger partial charge in [0.2, 0.25) is 5.91 Å². The predicted molar refractivity (Wildman–Crippen MR) is 53.0 cm³/mol. The van der Waals surface area contributed by atoms with E-state index < -0.39 is 5.97 Å². The Hall–Kier alpha value is -1.36. The lowest BCUT2D eigenvalue weighted by Crippen LogP contribution is -2.31. The fourth-order valence-corrected chi connectivity index (χ4v) is 1.55. The normalized spacial score (nSPS) is 9.50. The van der Waals surface area contributed by atoms with Gasteiger partial charge < -0.3 is 10.1 Å². The predicted octanol–water partition coefficient (Wildman–Crippen LogP) is 0.580. The maximum absolute atomic E-state index is 11.2. The molecule has 0 bridgehead atoms. The lowest BCUT2D eigenvalue weighted by molar-refractivity contribution is -0.141. The molecule has 14 heavy (non-hydrogen) atoms. The first-order valence-corrected chi connectivity index (χ1v) is 5.01. The van der Waals surface area contributed by atoms with Crippen molar-refractivity contribution in [3.05, 3.63) is 22.4 Å². The van der Waals surface area contributed by atoms with E-state index in [2.05, 4.69) is 10.1 Å². The molecule has 0 saturated heterocycles. The summed E-state index contributed by atoms with van der Waals surface area (Å²) in [5.41, 5.74) is 0.956. The van der Waals surface area contributed by atoms with Crippen molar-refractivity contribution < 1.29 is 14.3 Å². The lowest BCUT2D eigenvalue weighted by Gasteiger charge is -2.01. The molecular weight excluding hydrogens is 202 g/mol. The highest BCUT2D eigenvalue weighted by atomic mass is 32.1. The summed E-state index contributed by atoms with van der Waals surface area (Å²) in [6, 6.07) is 1.88. The molecule has 0 fully saturated rings. The number of esters is 1. The van der Waals surface area contributed by atoms with Crippen LogP contribution in [0.3, 0.4) is 0 Å². The SMILES string of the molecule is COC(=O)CNC(=O)Cc1ccsc1.